The van der Waals surface area contributed by atoms with E-state index in [2.05, 4.69) is 14.5 Å². The zero-order valence-electron chi connectivity index (χ0n) is 12.6. The number of rotatable bonds is 6. The van der Waals surface area contributed by atoms with Gasteiger partial charge in [0.1, 0.15) is 12.1 Å². The molecule has 0 aliphatic carbocycles. The van der Waals surface area contributed by atoms with Gasteiger partial charge in [-0.05, 0) is 16.5 Å². The quantitative estimate of drug-likeness (QED) is 0.222. The van der Waals surface area contributed by atoms with Gasteiger partial charge in [0.2, 0.25) is 6.29 Å². The first-order chi connectivity index (χ1) is 10.8. The molecular formula is C11H16N3O8P. The SMILES string of the molecule is CCC1O[C@@H](O[P+](=O)[O-])C(N=[N+]=[N-])[C@@H](OC(C)=O)[C@H]1OC(C)=O. The highest BCUT2D eigenvalue weighted by Crippen LogP contribution is 2.33. The lowest BCUT2D eigenvalue weighted by molar-refractivity contribution is -0.263. The molecule has 0 aromatic heterocycles. The second kappa shape index (κ2) is 8.76. The smallest absolute Gasteiger partial charge is 0.491 e. The Labute approximate surface area is 132 Å². The van der Waals surface area contributed by atoms with Crippen LogP contribution in [0.1, 0.15) is 27.2 Å². The maximum atomic E-state index is 11.3. The van der Waals surface area contributed by atoms with Gasteiger partial charge in [0.15, 0.2) is 12.2 Å². The van der Waals surface area contributed by atoms with E-state index in [1.165, 1.54) is 0 Å². The summed E-state index contributed by atoms with van der Waals surface area (Å²) >= 11 is 0. The molecule has 1 aliphatic rings. The van der Waals surface area contributed by atoms with Gasteiger partial charge < -0.3 is 19.1 Å². The van der Waals surface area contributed by atoms with Crippen LogP contribution in [-0.4, -0.2) is 42.6 Å². The predicted octanol–water partition coefficient (Wildman–Crippen LogP) is 0.698. The van der Waals surface area contributed by atoms with E-state index in [0.29, 0.717) is 6.42 Å². The fourth-order valence-corrected chi connectivity index (χ4v) is 2.58. The number of hydrogen-bond acceptors (Lipinski definition) is 9. The van der Waals surface area contributed by atoms with Crippen LogP contribution in [0, 0.1) is 0 Å². The molecule has 0 amide bonds. The highest BCUT2D eigenvalue weighted by Gasteiger charge is 2.51. The number of nitrogens with zero attached hydrogens (tertiary/aromatic N) is 3. The molecule has 3 unspecified atom stereocenters. The summed E-state index contributed by atoms with van der Waals surface area (Å²) in [4.78, 5) is 36.0. The van der Waals surface area contributed by atoms with Crippen LogP contribution in [0.4, 0.5) is 0 Å². The van der Waals surface area contributed by atoms with Crippen molar-refractivity contribution in [2.75, 3.05) is 0 Å². The van der Waals surface area contributed by atoms with Crippen LogP contribution in [0.2, 0.25) is 0 Å². The van der Waals surface area contributed by atoms with Crippen molar-refractivity contribution in [3.63, 3.8) is 0 Å². The summed E-state index contributed by atoms with van der Waals surface area (Å²) < 4.78 is 31.0. The summed E-state index contributed by atoms with van der Waals surface area (Å²) in [5.41, 5.74) is 8.66. The molecule has 23 heavy (non-hydrogen) atoms. The van der Waals surface area contributed by atoms with Gasteiger partial charge in [-0.2, -0.15) is 0 Å². The van der Waals surface area contributed by atoms with Crippen molar-refractivity contribution in [3.05, 3.63) is 10.4 Å². The topological polar surface area (TPSA) is 160 Å². The summed E-state index contributed by atoms with van der Waals surface area (Å²) in [6.07, 6.45) is -4.32. The molecule has 0 radical (unpaired) electrons. The molecule has 1 aliphatic heterocycles. The van der Waals surface area contributed by atoms with Crippen molar-refractivity contribution in [1.29, 1.82) is 0 Å². The Morgan fingerprint density at radius 3 is 2.30 bits per heavy atom. The van der Waals surface area contributed by atoms with Gasteiger partial charge in [-0.1, -0.05) is 12.0 Å². The highest BCUT2D eigenvalue weighted by atomic mass is 31.1. The number of azide groups is 1. The Morgan fingerprint density at radius 1 is 1.30 bits per heavy atom. The van der Waals surface area contributed by atoms with E-state index in [1.54, 1.807) is 6.92 Å². The first-order valence-corrected chi connectivity index (χ1v) is 7.75. The van der Waals surface area contributed by atoms with Crippen LogP contribution in [0.5, 0.6) is 0 Å². The minimum absolute atomic E-state index is 0.300. The largest absolute Gasteiger partial charge is 0.566 e. The summed E-state index contributed by atoms with van der Waals surface area (Å²) in [6.45, 7) is 3.95. The van der Waals surface area contributed by atoms with Crippen LogP contribution in [0.15, 0.2) is 5.11 Å². The van der Waals surface area contributed by atoms with Gasteiger partial charge >= 0.3 is 20.2 Å². The Kier molecular flexibility index (Phi) is 7.34. The van der Waals surface area contributed by atoms with Crippen LogP contribution < -0.4 is 4.89 Å². The molecule has 11 nitrogen and oxygen atoms in total. The van der Waals surface area contributed by atoms with Crippen LogP contribution >= 0.6 is 8.25 Å². The molecule has 0 saturated carbocycles. The molecule has 0 aromatic carbocycles. The Bertz CT molecular complexity index is 523. The standard InChI is InChI=1S/C11H16N3O8P/c1-4-7-9(19-5(2)15)10(20-6(3)16)8(13-14-12)11(21-7)22-23(17)18/h7-11H,4H2,1-3H3/t7?,8?,9-,10+,11-/m0/s1. The third-order valence-electron chi connectivity index (χ3n) is 3.00. The molecule has 12 heteroatoms. The summed E-state index contributed by atoms with van der Waals surface area (Å²) in [5, 5.41) is 3.37. The predicted molar refractivity (Wildman–Crippen MR) is 71.7 cm³/mol. The molecule has 0 aromatic rings. The molecule has 6 atom stereocenters. The highest BCUT2D eigenvalue weighted by molar-refractivity contribution is 7.30. The van der Waals surface area contributed by atoms with Gasteiger partial charge in [-0.25, -0.2) is 0 Å². The average molecular weight is 349 g/mol. The van der Waals surface area contributed by atoms with E-state index < -0.39 is 50.8 Å². The van der Waals surface area contributed by atoms with E-state index >= 15 is 0 Å². The number of ether oxygens (including phenoxy) is 3. The summed E-state index contributed by atoms with van der Waals surface area (Å²) in [6, 6.07) is -1.34. The van der Waals surface area contributed by atoms with Gasteiger partial charge in [-0.3, -0.25) is 9.59 Å². The molecule has 1 heterocycles. The minimum atomic E-state index is -3.31. The summed E-state index contributed by atoms with van der Waals surface area (Å²) in [5.74, 6) is -1.39. The number of carbonyl (C=O) groups is 2. The maximum Gasteiger partial charge on any atom is 0.491 e. The third kappa shape index (κ3) is 5.42. The molecule has 0 N–H and O–H groups in total. The van der Waals surface area contributed by atoms with Gasteiger partial charge in [0.25, 0.3) is 0 Å². The average Bonchev–Trinajstić information content (AvgIpc) is 2.43. The van der Waals surface area contributed by atoms with E-state index in [-0.39, 0.29) is 0 Å². The monoisotopic (exact) mass is 349 g/mol. The van der Waals surface area contributed by atoms with Crippen molar-refractivity contribution >= 4 is 20.2 Å². The van der Waals surface area contributed by atoms with Crippen LogP contribution in [0.25, 0.3) is 10.4 Å². The van der Waals surface area contributed by atoms with E-state index in [0.717, 1.165) is 13.8 Å². The van der Waals surface area contributed by atoms with Crippen molar-refractivity contribution in [2.45, 2.75) is 57.8 Å². The van der Waals surface area contributed by atoms with Gasteiger partial charge in [-0.15, -0.1) is 4.52 Å². The molecule has 128 valence electrons. The first-order valence-electron chi connectivity index (χ1n) is 6.65. The number of carbonyl (C=O) groups excluding carboxylic acids is 2. The van der Waals surface area contributed by atoms with E-state index in [4.69, 9.17) is 19.7 Å². The molecular weight excluding hydrogens is 333 g/mol. The van der Waals surface area contributed by atoms with E-state index in [1.807, 2.05) is 0 Å². The Hall–Kier alpha value is -1.77. The van der Waals surface area contributed by atoms with Crippen molar-refractivity contribution < 1.29 is 37.8 Å². The number of hydrogen-bond donors (Lipinski definition) is 0. The Balaban J connectivity index is 3.23. The molecule has 0 spiro atoms. The number of esters is 2. The molecule has 0 bridgehead atoms. The second-order valence-electron chi connectivity index (χ2n) is 4.62. The maximum absolute atomic E-state index is 11.3. The minimum Gasteiger partial charge on any atom is -0.566 e. The van der Waals surface area contributed by atoms with Crippen molar-refractivity contribution in [3.8, 4) is 0 Å². The van der Waals surface area contributed by atoms with Crippen LogP contribution in [-0.2, 0) is 32.9 Å². The van der Waals surface area contributed by atoms with Crippen LogP contribution in [0.3, 0.4) is 0 Å². The van der Waals surface area contributed by atoms with E-state index in [9.17, 15) is 19.0 Å². The molecule has 1 fully saturated rings. The Morgan fingerprint density at radius 2 is 1.87 bits per heavy atom. The molecule has 1 rings (SSSR count). The zero-order valence-corrected chi connectivity index (χ0v) is 13.5. The summed E-state index contributed by atoms with van der Waals surface area (Å²) in [7, 11) is -3.31. The second-order valence-corrected chi connectivity index (χ2v) is 5.28. The normalized spacial score (nSPS) is 30.8. The lowest BCUT2D eigenvalue weighted by Gasteiger charge is -2.41. The van der Waals surface area contributed by atoms with Crippen molar-refractivity contribution in [1.82, 2.24) is 0 Å². The fraction of sp³-hybridized carbons (Fsp3) is 0.818. The lowest BCUT2D eigenvalue weighted by Crippen LogP contribution is -2.59. The molecule has 1 saturated heterocycles. The fourth-order valence-electron chi connectivity index (χ4n) is 2.23. The van der Waals surface area contributed by atoms with Crippen molar-refractivity contribution in [2.24, 2.45) is 5.11 Å². The third-order valence-corrected chi connectivity index (χ3v) is 3.38. The van der Waals surface area contributed by atoms with Gasteiger partial charge in [0, 0.05) is 18.8 Å². The lowest BCUT2D eigenvalue weighted by atomic mass is 9.95. The zero-order chi connectivity index (χ0) is 17.6. The first kappa shape index (κ1) is 19.3. The van der Waals surface area contributed by atoms with Gasteiger partial charge in [0.05, 0.1) is 0 Å².